The molecule has 1 fully saturated rings. The maximum Gasteiger partial charge on any atom is 0.326 e. The van der Waals surface area contributed by atoms with Gasteiger partial charge < -0.3 is 16.2 Å². The lowest BCUT2D eigenvalue weighted by molar-refractivity contribution is 0.0918. The molecule has 23 heavy (non-hydrogen) atoms. The zero-order chi connectivity index (χ0) is 16.9. The Morgan fingerprint density at radius 2 is 1.96 bits per heavy atom. The monoisotopic (exact) mass is 315 g/mol. The minimum absolute atomic E-state index is 0.0937. The van der Waals surface area contributed by atoms with E-state index in [1.165, 1.54) is 0 Å². The molecule has 2 amide bonds. The van der Waals surface area contributed by atoms with Crippen LogP contribution < -0.4 is 11.1 Å². The number of primary amides is 1. The Morgan fingerprint density at radius 1 is 1.30 bits per heavy atom. The van der Waals surface area contributed by atoms with Crippen LogP contribution in [0.5, 0.6) is 5.88 Å². The number of fused-ring (bicyclic) bond motifs is 1. The minimum Gasteiger partial charge on any atom is -0.494 e. The van der Waals surface area contributed by atoms with Crippen molar-refractivity contribution < 1.29 is 14.7 Å². The Morgan fingerprint density at radius 3 is 2.48 bits per heavy atom. The van der Waals surface area contributed by atoms with E-state index in [0.29, 0.717) is 16.8 Å². The first-order valence-electron chi connectivity index (χ1n) is 7.69. The number of benzene rings is 1. The van der Waals surface area contributed by atoms with Gasteiger partial charge in [-0.3, -0.25) is 4.79 Å². The number of nitrogens with one attached hydrogen (secondary N) is 1. The van der Waals surface area contributed by atoms with Crippen molar-refractivity contribution in [3.63, 3.8) is 0 Å². The third kappa shape index (κ3) is 2.65. The van der Waals surface area contributed by atoms with Crippen molar-refractivity contribution in [1.29, 1.82) is 0 Å². The lowest BCUT2D eigenvalue weighted by atomic mass is 10.0. The molecule has 4 N–H and O–H groups in total. The van der Waals surface area contributed by atoms with Crippen molar-refractivity contribution in [3.05, 3.63) is 29.3 Å². The van der Waals surface area contributed by atoms with E-state index in [1.807, 2.05) is 32.9 Å². The summed E-state index contributed by atoms with van der Waals surface area (Å²) in [5.41, 5.74) is 6.57. The first kappa shape index (κ1) is 15.4. The number of para-hydroxylation sites is 1. The van der Waals surface area contributed by atoms with Crippen LogP contribution in [-0.4, -0.2) is 27.2 Å². The highest BCUT2D eigenvalue weighted by atomic mass is 16.3. The lowest BCUT2D eigenvalue weighted by Crippen LogP contribution is -2.40. The number of rotatable bonds is 2. The summed E-state index contributed by atoms with van der Waals surface area (Å²) >= 11 is 0. The molecule has 6 heteroatoms. The van der Waals surface area contributed by atoms with Crippen molar-refractivity contribution in [2.75, 3.05) is 0 Å². The molecule has 2 aromatic rings. The van der Waals surface area contributed by atoms with Crippen LogP contribution in [0.4, 0.5) is 4.79 Å². The molecular formula is C17H21N3O3. The average molecular weight is 315 g/mol. The number of hydrogen-bond acceptors (Lipinski definition) is 3. The maximum absolute atomic E-state index is 12.6. The Kier molecular flexibility index (Phi) is 3.35. The molecule has 0 unspecified atom stereocenters. The molecule has 6 nitrogen and oxygen atoms in total. The summed E-state index contributed by atoms with van der Waals surface area (Å²) in [6.45, 7) is 5.56. The smallest absolute Gasteiger partial charge is 0.326 e. The molecule has 3 rings (SSSR count). The van der Waals surface area contributed by atoms with E-state index in [9.17, 15) is 14.7 Å². The first-order valence-corrected chi connectivity index (χ1v) is 7.69. The Hall–Kier alpha value is -2.50. The molecular weight excluding hydrogens is 294 g/mol. The number of hydrogen-bond donors (Lipinski definition) is 3. The maximum atomic E-state index is 12.6. The second-order valence-corrected chi connectivity index (χ2v) is 7.09. The van der Waals surface area contributed by atoms with Crippen molar-refractivity contribution in [2.24, 2.45) is 5.73 Å². The Bertz CT molecular complexity index is 811. The fourth-order valence-corrected chi connectivity index (χ4v) is 2.92. The lowest BCUT2D eigenvalue weighted by Gasteiger charge is -2.20. The Balaban J connectivity index is 2.27. The molecule has 122 valence electrons. The molecule has 1 heterocycles. The standard InChI is InChI=1S/C17H21N3O3/c1-17(2,3)19-14(21)12-11-6-4-5-10(9-7-8-9)13(11)20(15(12)22)16(18)23/h4-6,9,22H,7-8H2,1-3H3,(H2,18,23)(H,19,21). The van der Waals surface area contributed by atoms with E-state index in [1.54, 1.807) is 6.07 Å². The summed E-state index contributed by atoms with van der Waals surface area (Å²) in [4.78, 5) is 24.4. The molecule has 0 bridgehead atoms. The van der Waals surface area contributed by atoms with Gasteiger partial charge in [0.15, 0.2) is 0 Å². The van der Waals surface area contributed by atoms with Crippen LogP contribution in [-0.2, 0) is 0 Å². The minimum atomic E-state index is -0.796. The molecule has 1 aliphatic rings. The summed E-state index contributed by atoms with van der Waals surface area (Å²) < 4.78 is 1.04. The van der Waals surface area contributed by atoms with Crippen LogP contribution in [0.2, 0.25) is 0 Å². The van der Waals surface area contributed by atoms with Gasteiger partial charge in [-0.1, -0.05) is 18.2 Å². The van der Waals surface area contributed by atoms with Gasteiger partial charge in [-0.15, -0.1) is 0 Å². The van der Waals surface area contributed by atoms with Gasteiger partial charge in [0, 0.05) is 10.9 Å². The largest absolute Gasteiger partial charge is 0.494 e. The number of amides is 2. The van der Waals surface area contributed by atoms with E-state index >= 15 is 0 Å². The van der Waals surface area contributed by atoms with Crippen molar-refractivity contribution >= 4 is 22.8 Å². The molecule has 0 aliphatic heterocycles. The van der Waals surface area contributed by atoms with Gasteiger partial charge in [0.1, 0.15) is 5.56 Å². The predicted molar refractivity (Wildman–Crippen MR) is 87.8 cm³/mol. The topological polar surface area (TPSA) is 97.3 Å². The van der Waals surface area contributed by atoms with Crippen molar-refractivity contribution in [2.45, 2.75) is 45.1 Å². The first-order chi connectivity index (χ1) is 10.7. The molecule has 0 spiro atoms. The molecule has 1 aromatic carbocycles. The van der Waals surface area contributed by atoms with Crippen LogP contribution in [0.25, 0.3) is 10.9 Å². The van der Waals surface area contributed by atoms with Gasteiger partial charge in [0.2, 0.25) is 5.88 Å². The molecule has 0 radical (unpaired) electrons. The fourth-order valence-electron chi connectivity index (χ4n) is 2.92. The highest BCUT2D eigenvalue weighted by Crippen LogP contribution is 2.45. The predicted octanol–water partition coefficient (Wildman–Crippen LogP) is 2.68. The number of nitrogens with zero attached hydrogens (tertiary/aromatic N) is 1. The van der Waals surface area contributed by atoms with Gasteiger partial charge in [0.25, 0.3) is 5.91 Å². The van der Waals surface area contributed by atoms with Gasteiger partial charge in [-0.05, 0) is 45.1 Å². The third-order valence-electron chi connectivity index (χ3n) is 3.95. The van der Waals surface area contributed by atoms with E-state index in [0.717, 1.165) is 23.0 Å². The quantitative estimate of drug-likeness (QED) is 0.794. The van der Waals surface area contributed by atoms with Crippen LogP contribution in [0.3, 0.4) is 0 Å². The third-order valence-corrected chi connectivity index (χ3v) is 3.95. The SMILES string of the molecule is CC(C)(C)NC(=O)c1c(O)n(C(N)=O)c2c(C3CC3)cccc12. The van der Waals surface area contributed by atoms with Crippen LogP contribution in [0.1, 0.15) is 55.5 Å². The van der Waals surface area contributed by atoms with Crippen molar-refractivity contribution in [1.82, 2.24) is 9.88 Å². The highest BCUT2D eigenvalue weighted by molar-refractivity contribution is 6.13. The van der Waals surface area contributed by atoms with E-state index < -0.39 is 23.4 Å². The van der Waals surface area contributed by atoms with E-state index in [4.69, 9.17) is 5.73 Å². The molecule has 1 aliphatic carbocycles. The summed E-state index contributed by atoms with van der Waals surface area (Å²) in [7, 11) is 0. The van der Waals surface area contributed by atoms with Gasteiger partial charge >= 0.3 is 6.03 Å². The van der Waals surface area contributed by atoms with Gasteiger partial charge in [-0.2, -0.15) is 0 Å². The molecule has 1 saturated carbocycles. The summed E-state index contributed by atoms with van der Waals surface area (Å²) in [5.74, 6) is -0.472. The van der Waals surface area contributed by atoms with Crippen LogP contribution >= 0.6 is 0 Å². The van der Waals surface area contributed by atoms with Gasteiger partial charge in [0.05, 0.1) is 5.52 Å². The number of carbonyl (C=O) groups excluding carboxylic acids is 2. The fraction of sp³-hybridized carbons (Fsp3) is 0.412. The second-order valence-electron chi connectivity index (χ2n) is 7.09. The van der Waals surface area contributed by atoms with E-state index in [-0.39, 0.29) is 5.56 Å². The average Bonchev–Trinajstić information content (AvgIpc) is 3.18. The molecule has 0 saturated heterocycles. The Labute approximate surface area is 134 Å². The number of nitrogens with two attached hydrogens (primary N) is 1. The highest BCUT2D eigenvalue weighted by Gasteiger charge is 2.32. The summed E-state index contributed by atoms with van der Waals surface area (Å²) in [5, 5.41) is 13.8. The van der Waals surface area contributed by atoms with Crippen molar-refractivity contribution in [3.8, 4) is 5.88 Å². The molecule has 1 aromatic heterocycles. The normalized spacial score (nSPS) is 14.9. The molecule has 0 atom stereocenters. The zero-order valence-electron chi connectivity index (χ0n) is 13.5. The van der Waals surface area contributed by atoms with Crippen LogP contribution in [0, 0.1) is 0 Å². The number of aromatic nitrogens is 1. The number of aromatic hydroxyl groups is 1. The summed E-state index contributed by atoms with van der Waals surface area (Å²) in [6, 6.07) is 4.70. The summed E-state index contributed by atoms with van der Waals surface area (Å²) in [6.07, 6.45) is 2.07. The van der Waals surface area contributed by atoms with Crippen LogP contribution in [0.15, 0.2) is 18.2 Å². The second kappa shape index (κ2) is 5.01. The zero-order valence-corrected chi connectivity index (χ0v) is 13.5. The van der Waals surface area contributed by atoms with Gasteiger partial charge in [-0.25, -0.2) is 9.36 Å². The van der Waals surface area contributed by atoms with E-state index in [2.05, 4.69) is 5.32 Å². The number of carbonyl (C=O) groups is 2.